The Bertz CT molecular complexity index is 492. The molecule has 0 radical (unpaired) electrons. The van der Waals surface area contributed by atoms with Gasteiger partial charge in [-0.3, -0.25) is 0 Å². The summed E-state index contributed by atoms with van der Waals surface area (Å²) in [7, 11) is 0. The van der Waals surface area contributed by atoms with E-state index in [9.17, 15) is 9.59 Å². The molecular formula is C13H17BrN2O3S. The summed E-state index contributed by atoms with van der Waals surface area (Å²) in [5, 5.41) is 11.9. The second-order valence-corrected chi connectivity index (χ2v) is 7.28. The molecule has 2 amide bonds. The van der Waals surface area contributed by atoms with E-state index in [-0.39, 0.29) is 6.03 Å². The van der Waals surface area contributed by atoms with E-state index < -0.39 is 12.0 Å². The van der Waals surface area contributed by atoms with Crippen molar-refractivity contribution in [1.29, 1.82) is 0 Å². The van der Waals surface area contributed by atoms with Gasteiger partial charge in [0.15, 0.2) is 0 Å². The number of amides is 2. The maximum Gasteiger partial charge on any atom is 0.326 e. The predicted octanol–water partition coefficient (Wildman–Crippen LogP) is 2.70. The third kappa shape index (κ3) is 3.96. The van der Waals surface area contributed by atoms with Crippen molar-refractivity contribution in [2.24, 2.45) is 0 Å². The van der Waals surface area contributed by atoms with Gasteiger partial charge in [-0.2, -0.15) is 0 Å². The van der Waals surface area contributed by atoms with Gasteiger partial charge < -0.3 is 15.3 Å². The highest BCUT2D eigenvalue weighted by Crippen LogP contribution is 2.22. The summed E-state index contributed by atoms with van der Waals surface area (Å²) in [4.78, 5) is 25.8. The van der Waals surface area contributed by atoms with Crippen LogP contribution >= 0.6 is 27.3 Å². The summed E-state index contributed by atoms with van der Waals surface area (Å²) in [5.74, 6) is -0.915. The average molecular weight is 361 g/mol. The molecule has 0 bridgehead atoms. The Hall–Kier alpha value is -1.08. The van der Waals surface area contributed by atoms with Crippen molar-refractivity contribution in [3.05, 3.63) is 20.8 Å². The number of hydrogen-bond acceptors (Lipinski definition) is 3. The smallest absolute Gasteiger partial charge is 0.326 e. The Morgan fingerprint density at radius 1 is 1.45 bits per heavy atom. The van der Waals surface area contributed by atoms with Crippen molar-refractivity contribution >= 4 is 39.3 Å². The minimum Gasteiger partial charge on any atom is -0.480 e. The molecule has 1 saturated heterocycles. The van der Waals surface area contributed by atoms with Crippen molar-refractivity contribution in [3.63, 3.8) is 0 Å². The van der Waals surface area contributed by atoms with Gasteiger partial charge in [0.05, 0.1) is 3.79 Å². The van der Waals surface area contributed by atoms with E-state index in [0.717, 1.165) is 23.0 Å². The highest BCUT2D eigenvalue weighted by molar-refractivity contribution is 9.11. The monoisotopic (exact) mass is 360 g/mol. The first kappa shape index (κ1) is 15.3. The fourth-order valence-electron chi connectivity index (χ4n) is 2.31. The maximum absolute atomic E-state index is 12.1. The van der Waals surface area contributed by atoms with Crippen LogP contribution < -0.4 is 5.32 Å². The number of piperidine rings is 1. The van der Waals surface area contributed by atoms with Crippen LogP contribution in [0.15, 0.2) is 15.9 Å². The van der Waals surface area contributed by atoms with Crippen LogP contribution in [0.1, 0.15) is 24.1 Å². The number of likely N-dealkylation sites (tertiary alicyclic amines) is 1. The third-order valence-corrected chi connectivity index (χ3v) is 5.01. The fourth-order valence-corrected chi connectivity index (χ4v) is 3.79. The normalized spacial score (nSPS) is 18.9. The molecule has 110 valence electrons. The van der Waals surface area contributed by atoms with Gasteiger partial charge in [-0.15, -0.1) is 11.3 Å². The predicted molar refractivity (Wildman–Crippen MR) is 81.1 cm³/mol. The van der Waals surface area contributed by atoms with E-state index in [0.29, 0.717) is 19.5 Å². The molecule has 0 aromatic carbocycles. The zero-order valence-electron chi connectivity index (χ0n) is 11.0. The van der Waals surface area contributed by atoms with Gasteiger partial charge in [0.25, 0.3) is 0 Å². The molecule has 0 aliphatic carbocycles. The van der Waals surface area contributed by atoms with Crippen LogP contribution in [0.4, 0.5) is 4.79 Å². The summed E-state index contributed by atoms with van der Waals surface area (Å²) >= 11 is 5.04. The molecule has 0 spiro atoms. The van der Waals surface area contributed by atoms with Gasteiger partial charge >= 0.3 is 12.0 Å². The Labute approximate surface area is 130 Å². The van der Waals surface area contributed by atoms with Crippen LogP contribution in [0.3, 0.4) is 0 Å². The van der Waals surface area contributed by atoms with Crippen molar-refractivity contribution < 1.29 is 14.7 Å². The number of carbonyl (C=O) groups is 2. The van der Waals surface area contributed by atoms with Crippen LogP contribution in [-0.4, -0.2) is 41.1 Å². The summed E-state index contributed by atoms with van der Waals surface area (Å²) in [5.41, 5.74) is 0. The Morgan fingerprint density at radius 3 is 2.90 bits per heavy atom. The molecular weight excluding hydrogens is 344 g/mol. The van der Waals surface area contributed by atoms with Crippen molar-refractivity contribution in [2.75, 3.05) is 13.1 Å². The molecule has 2 heterocycles. The summed E-state index contributed by atoms with van der Waals surface area (Å²) in [6.45, 7) is 1.04. The molecule has 5 nitrogen and oxygen atoms in total. The number of carboxylic acid groups (broad SMARTS) is 1. The Kier molecular flexibility index (Phi) is 5.42. The number of halogens is 1. The van der Waals surface area contributed by atoms with Crippen molar-refractivity contribution in [2.45, 2.75) is 31.7 Å². The van der Waals surface area contributed by atoms with Crippen molar-refractivity contribution in [3.8, 4) is 0 Å². The topological polar surface area (TPSA) is 69.6 Å². The summed E-state index contributed by atoms with van der Waals surface area (Å²) < 4.78 is 1.07. The SMILES string of the molecule is O=C(O)C1CCCCN1C(=O)NCCc1ccc(Br)s1. The number of urea groups is 1. The molecule has 1 atom stereocenters. The van der Waals surface area contributed by atoms with E-state index >= 15 is 0 Å². The number of thiophene rings is 1. The van der Waals surface area contributed by atoms with E-state index in [4.69, 9.17) is 5.11 Å². The number of rotatable bonds is 4. The first-order valence-corrected chi connectivity index (χ1v) is 8.20. The standard InChI is InChI=1S/C13H17BrN2O3S/c14-11-5-4-9(20-11)6-7-15-13(19)16-8-2-1-3-10(16)12(17)18/h4-5,10H,1-3,6-8H2,(H,15,19)(H,17,18). The molecule has 0 saturated carbocycles. The molecule has 1 fully saturated rings. The molecule has 1 unspecified atom stereocenters. The summed E-state index contributed by atoms with van der Waals surface area (Å²) in [6, 6.07) is 3.04. The Morgan fingerprint density at radius 2 is 2.25 bits per heavy atom. The van der Waals surface area contributed by atoms with Crippen molar-refractivity contribution in [1.82, 2.24) is 10.2 Å². The molecule has 2 rings (SSSR count). The highest BCUT2D eigenvalue weighted by Gasteiger charge is 2.31. The van der Waals surface area contributed by atoms with Crippen LogP contribution in [0, 0.1) is 0 Å². The van der Waals surface area contributed by atoms with Crippen LogP contribution in [0.5, 0.6) is 0 Å². The number of carbonyl (C=O) groups excluding carboxylic acids is 1. The zero-order valence-corrected chi connectivity index (χ0v) is 13.4. The van der Waals surface area contributed by atoms with Gasteiger partial charge in [-0.25, -0.2) is 9.59 Å². The third-order valence-electron chi connectivity index (χ3n) is 3.33. The minimum atomic E-state index is -0.915. The van der Waals surface area contributed by atoms with E-state index in [1.807, 2.05) is 12.1 Å². The van der Waals surface area contributed by atoms with Gasteiger partial charge in [0, 0.05) is 18.0 Å². The number of hydrogen-bond donors (Lipinski definition) is 2. The van der Waals surface area contributed by atoms with E-state index in [1.54, 1.807) is 11.3 Å². The highest BCUT2D eigenvalue weighted by atomic mass is 79.9. The molecule has 1 aliphatic rings. The average Bonchev–Trinajstić information content (AvgIpc) is 2.84. The molecule has 2 N–H and O–H groups in total. The van der Waals surface area contributed by atoms with Crippen LogP contribution in [-0.2, 0) is 11.2 Å². The number of nitrogens with one attached hydrogen (secondary N) is 1. The zero-order chi connectivity index (χ0) is 14.5. The number of carboxylic acids is 1. The van der Waals surface area contributed by atoms with Gasteiger partial charge in [-0.05, 0) is 53.7 Å². The molecule has 1 aromatic rings. The van der Waals surface area contributed by atoms with E-state index in [1.165, 1.54) is 9.78 Å². The molecule has 7 heteroatoms. The van der Waals surface area contributed by atoms with Crippen LogP contribution in [0.25, 0.3) is 0 Å². The Balaban J connectivity index is 1.82. The fraction of sp³-hybridized carbons (Fsp3) is 0.538. The number of nitrogens with zero attached hydrogens (tertiary/aromatic N) is 1. The first-order chi connectivity index (χ1) is 9.58. The minimum absolute atomic E-state index is 0.271. The van der Waals surface area contributed by atoms with Crippen LogP contribution in [0.2, 0.25) is 0 Å². The lowest BCUT2D eigenvalue weighted by molar-refractivity contribution is -0.143. The van der Waals surface area contributed by atoms with E-state index in [2.05, 4.69) is 21.2 Å². The van der Waals surface area contributed by atoms with Gasteiger partial charge in [-0.1, -0.05) is 0 Å². The van der Waals surface area contributed by atoms with Gasteiger partial charge in [0.2, 0.25) is 0 Å². The lowest BCUT2D eigenvalue weighted by Crippen LogP contribution is -2.52. The lowest BCUT2D eigenvalue weighted by atomic mass is 10.0. The van der Waals surface area contributed by atoms with Gasteiger partial charge in [0.1, 0.15) is 6.04 Å². The quantitative estimate of drug-likeness (QED) is 0.866. The second-order valence-electron chi connectivity index (χ2n) is 4.73. The molecule has 1 aliphatic heterocycles. The maximum atomic E-state index is 12.1. The molecule has 20 heavy (non-hydrogen) atoms. The number of aliphatic carboxylic acids is 1. The molecule has 1 aromatic heterocycles. The second kappa shape index (κ2) is 7.08. The summed E-state index contributed by atoms with van der Waals surface area (Å²) in [6.07, 6.45) is 3.03. The largest absolute Gasteiger partial charge is 0.480 e. The first-order valence-electron chi connectivity index (χ1n) is 6.59. The lowest BCUT2D eigenvalue weighted by Gasteiger charge is -2.32.